The molecule has 4 nitrogen and oxygen atoms in total. The van der Waals surface area contributed by atoms with E-state index in [4.69, 9.17) is 0 Å². The number of nitrogens with one attached hydrogen (secondary N) is 1. The van der Waals surface area contributed by atoms with Crippen LogP contribution < -0.4 is 5.32 Å². The van der Waals surface area contributed by atoms with Crippen LogP contribution in [0, 0.1) is 22.5 Å². The minimum Gasteiger partial charge on any atom is -0.384 e. The Morgan fingerprint density at radius 1 is 1.38 bits per heavy atom. The quantitative estimate of drug-likeness (QED) is 0.630. The molecule has 0 atom stereocenters. The van der Waals surface area contributed by atoms with Gasteiger partial charge in [0.25, 0.3) is 5.69 Å². The van der Waals surface area contributed by atoms with E-state index < -0.39 is 0 Å². The van der Waals surface area contributed by atoms with Crippen molar-refractivity contribution in [2.45, 2.75) is 27.7 Å². The fourth-order valence-electron chi connectivity index (χ4n) is 1.28. The molecule has 88 valence electrons. The van der Waals surface area contributed by atoms with Crippen LogP contribution in [-0.2, 0) is 0 Å². The first-order valence-electron chi connectivity index (χ1n) is 5.28. The van der Waals surface area contributed by atoms with Gasteiger partial charge >= 0.3 is 0 Å². The van der Waals surface area contributed by atoms with Gasteiger partial charge in [0.05, 0.1) is 4.92 Å². The van der Waals surface area contributed by atoms with Gasteiger partial charge in [-0.2, -0.15) is 0 Å². The SMILES string of the molecule is Cc1ccc(NCC(C)(C)C)cc1[N+](=O)[O-]. The second kappa shape index (κ2) is 4.51. The lowest BCUT2D eigenvalue weighted by molar-refractivity contribution is -0.385. The first kappa shape index (κ1) is 12.5. The van der Waals surface area contributed by atoms with Crippen LogP contribution in [0.25, 0.3) is 0 Å². The fraction of sp³-hybridized carbons (Fsp3) is 0.500. The van der Waals surface area contributed by atoms with Crippen molar-refractivity contribution in [3.8, 4) is 0 Å². The summed E-state index contributed by atoms with van der Waals surface area (Å²) in [5.41, 5.74) is 1.80. The number of nitrogens with zero attached hydrogens (tertiary/aromatic N) is 1. The number of rotatable bonds is 3. The lowest BCUT2D eigenvalue weighted by Crippen LogP contribution is -2.19. The molecule has 1 aromatic carbocycles. The van der Waals surface area contributed by atoms with Crippen molar-refractivity contribution in [2.75, 3.05) is 11.9 Å². The van der Waals surface area contributed by atoms with Crippen LogP contribution in [0.2, 0.25) is 0 Å². The van der Waals surface area contributed by atoms with Gasteiger partial charge in [-0.05, 0) is 18.4 Å². The maximum atomic E-state index is 10.8. The van der Waals surface area contributed by atoms with Crippen molar-refractivity contribution in [1.29, 1.82) is 0 Å². The molecule has 0 amide bonds. The summed E-state index contributed by atoms with van der Waals surface area (Å²) in [4.78, 5) is 10.4. The van der Waals surface area contributed by atoms with Crippen LogP contribution in [0.5, 0.6) is 0 Å². The molecule has 0 unspecified atom stereocenters. The summed E-state index contributed by atoms with van der Waals surface area (Å²) >= 11 is 0. The molecule has 0 heterocycles. The molecule has 1 aromatic rings. The highest BCUT2D eigenvalue weighted by atomic mass is 16.6. The van der Waals surface area contributed by atoms with Crippen LogP contribution in [-0.4, -0.2) is 11.5 Å². The fourth-order valence-corrected chi connectivity index (χ4v) is 1.28. The molecule has 1 N–H and O–H groups in total. The minimum atomic E-state index is -0.350. The van der Waals surface area contributed by atoms with Crippen molar-refractivity contribution in [1.82, 2.24) is 0 Å². The predicted molar refractivity (Wildman–Crippen MR) is 65.8 cm³/mol. The molecular weight excluding hydrogens is 204 g/mol. The molecule has 0 aliphatic carbocycles. The van der Waals surface area contributed by atoms with Gasteiger partial charge < -0.3 is 5.32 Å². The van der Waals surface area contributed by atoms with Gasteiger partial charge in [0.2, 0.25) is 0 Å². The van der Waals surface area contributed by atoms with Crippen LogP contribution >= 0.6 is 0 Å². The van der Waals surface area contributed by atoms with Crippen LogP contribution in [0.1, 0.15) is 26.3 Å². The standard InChI is InChI=1S/C12H18N2O2/c1-9-5-6-10(7-11(9)14(15)16)13-8-12(2,3)4/h5-7,13H,8H2,1-4H3. The zero-order valence-corrected chi connectivity index (χ0v) is 10.2. The predicted octanol–water partition coefficient (Wildman–Crippen LogP) is 3.36. The second-order valence-corrected chi connectivity index (χ2v) is 5.17. The molecule has 0 aliphatic heterocycles. The molecule has 0 aliphatic rings. The van der Waals surface area contributed by atoms with Gasteiger partial charge in [0, 0.05) is 23.9 Å². The molecule has 0 bridgehead atoms. The Balaban J connectivity index is 2.83. The molecular formula is C12H18N2O2. The summed E-state index contributed by atoms with van der Waals surface area (Å²) in [5, 5.41) is 14.0. The topological polar surface area (TPSA) is 55.2 Å². The third kappa shape index (κ3) is 3.53. The Hall–Kier alpha value is -1.58. The van der Waals surface area contributed by atoms with Crippen molar-refractivity contribution in [3.05, 3.63) is 33.9 Å². The van der Waals surface area contributed by atoms with Crippen LogP contribution in [0.15, 0.2) is 18.2 Å². The maximum Gasteiger partial charge on any atom is 0.274 e. The molecule has 0 aromatic heterocycles. The minimum absolute atomic E-state index is 0.152. The van der Waals surface area contributed by atoms with Crippen molar-refractivity contribution < 1.29 is 4.92 Å². The zero-order chi connectivity index (χ0) is 12.3. The number of nitro benzene ring substituents is 1. The Morgan fingerprint density at radius 3 is 2.50 bits per heavy atom. The van der Waals surface area contributed by atoms with E-state index in [1.807, 2.05) is 6.07 Å². The monoisotopic (exact) mass is 222 g/mol. The van der Waals surface area contributed by atoms with Gasteiger partial charge in [-0.1, -0.05) is 26.8 Å². The van der Waals surface area contributed by atoms with Crippen molar-refractivity contribution in [2.24, 2.45) is 5.41 Å². The molecule has 16 heavy (non-hydrogen) atoms. The van der Waals surface area contributed by atoms with Gasteiger partial charge in [-0.15, -0.1) is 0 Å². The summed E-state index contributed by atoms with van der Waals surface area (Å²) < 4.78 is 0. The number of hydrogen-bond donors (Lipinski definition) is 1. The molecule has 0 radical (unpaired) electrons. The summed E-state index contributed by atoms with van der Waals surface area (Å²) in [6.45, 7) is 8.87. The number of nitro groups is 1. The van der Waals surface area contributed by atoms with Crippen molar-refractivity contribution >= 4 is 11.4 Å². The summed E-state index contributed by atoms with van der Waals surface area (Å²) in [7, 11) is 0. The van der Waals surface area contributed by atoms with E-state index >= 15 is 0 Å². The Labute approximate surface area is 95.8 Å². The van der Waals surface area contributed by atoms with E-state index in [0.717, 1.165) is 12.2 Å². The number of hydrogen-bond acceptors (Lipinski definition) is 3. The first-order valence-corrected chi connectivity index (χ1v) is 5.28. The first-order chi connectivity index (χ1) is 7.29. The van der Waals surface area contributed by atoms with Gasteiger partial charge in [0.1, 0.15) is 0 Å². The summed E-state index contributed by atoms with van der Waals surface area (Å²) in [6, 6.07) is 5.22. The van der Waals surface area contributed by atoms with E-state index in [9.17, 15) is 10.1 Å². The average molecular weight is 222 g/mol. The smallest absolute Gasteiger partial charge is 0.274 e. The average Bonchev–Trinajstić information content (AvgIpc) is 2.14. The Bertz CT molecular complexity index is 394. The molecule has 0 saturated carbocycles. The summed E-state index contributed by atoms with van der Waals surface area (Å²) in [5.74, 6) is 0. The molecule has 0 spiro atoms. The number of aryl methyl sites for hydroxylation is 1. The van der Waals surface area contributed by atoms with E-state index in [0.29, 0.717) is 5.56 Å². The second-order valence-electron chi connectivity index (χ2n) is 5.17. The molecule has 0 fully saturated rings. The maximum absolute atomic E-state index is 10.8. The lowest BCUT2D eigenvalue weighted by atomic mass is 9.97. The van der Waals surface area contributed by atoms with Crippen LogP contribution in [0.4, 0.5) is 11.4 Å². The Kier molecular flexibility index (Phi) is 3.52. The van der Waals surface area contributed by atoms with Gasteiger partial charge in [0.15, 0.2) is 0 Å². The van der Waals surface area contributed by atoms with Crippen LogP contribution in [0.3, 0.4) is 0 Å². The largest absolute Gasteiger partial charge is 0.384 e. The highest BCUT2D eigenvalue weighted by Gasteiger charge is 2.13. The van der Waals surface area contributed by atoms with Crippen molar-refractivity contribution in [3.63, 3.8) is 0 Å². The van der Waals surface area contributed by atoms with Gasteiger partial charge in [-0.25, -0.2) is 0 Å². The third-order valence-electron chi connectivity index (χ3n) is 2.23. The van der Waals surface area contributed by atoms with E-state index in [-0.39, 0.29) is 16.0 Å². The Morgan fingerprint density at radius 2 is 2.00 bits per heavy atom. The normalized spacial score (nSPS) is 11.2. The lowest BCUT2D eigenvalue weighted by Gasteiger charge is -2.19. The number of benzene rings is 1. The highest BCUT2D eigenvalue weighted by Crippen LogP contribution is 2.23. The zero-order valence-electron chi connectivity index (χ0n) is 10.2. The van der Waals surface area contributed by atoms with E-state index in [1.165, 1.54) is 0 Å². The van der Waals surface area contributed by atoms with E-state index in [1.54, 1.807) is 19.1 Å². The summed E-state index contributed by atoms with van der Waals surface area (Å²) in [6.07, 6.45) is 0. The molecule has 4 heteroatoms. The van der Waals surface area contributed by atoms with Gasteiger partial charge in [-0.3, -0.25) is 10.1 Å². The molecule has 1 rings (SSSR count). The van der Waals surface area contributed by atoms with E-state index in [2.05, 4.69) is 26.1 Å². The highest BCUT2D eigenvalue weighted by molar-refractivity contribution is 5.54. The molecule has 0 saturated heterocycles. The third-order valence-corrected chi connectivity index (χ3v) is 2.23. The number of anilines is 1.